The van der Waals surface area contributed by atoms with Gasteiger partial charge in [-0.3, -0.25) is 0 Å². The molecule has 3 heteroatoms. The summed E-state index contributed by atoms with van der Waals surface area (Å²) in [6.45, 7) is 7.54. The van der Waals surface area contributed by atoms with Crippen molar-refractivity contribution in [3.05, 3.63) is 65.2 Å². The number of unbranched alkanes of at least 4 members (excludes halogenated alkanes) is 2. The van der Waals surface area contributed by atoms with E-state index in [1.807, 2.05) is 36.4 Å². The first kappa shape index (κ1) is 21.6. The van der Waals surface area contributed by atoms with E-state index in [2.05, 4.69) is 32.6 Å². The highest BCUT2D eigenvalue weighted by molar-refractivity contribution is 5.89. The van der Waals surface area contributed by atoms with E-state index in [0.29, 0.717) is 18.1 Å². The lowest BCUT2D eigenvalue weighted by Gasteiger charge is -2.09. The van der Waals surface area contributed by atoms with E-state index in [4.69, 9.17) is 9.47 Å². The molecular weight excluding hydrogens is 348 g/mol. The molecule has 0 radical (unpaired) electrons. The number of benzene rings is 2. The maximum absolute atomic E-state index is 12.0. The Morgan fingerprint density at radius 3 is 2.11 bits per heavy atom. The lowest BCUT2D eigenvalue weighted by molar-refractivity contribution is 0.0447. The van der Waals surface area contributed by atoms with Crippen LogP contribution in [-0.4, -0.2) is 19.2 Å². The second kappa shape index (κ2) is 11.9. The fraction of sp³-hybridized carbons (Fsp3) is 0.400. The van der Waals surface area contributed by atoms with Gasteiger partial charge in [0, 0.05) is 11.1 Å². The fourth-order valence-electron chi connectivity index (χ4n) is 2.43. The zero-order valence-corrected chi connectivity index (χ0v) is 17.2. The average molecular weight is 379 g/mol. The van der Waals surface area contributed by atoms with Crippen molar-refractivity contribution in [1.29, 1.82) is 0 Å². The van der Waals surface area contributed by atoms with Crippen LogP contribution >= 0.6 is 0 Å². The molecule has 0 spiro atoms. The molecule has 2 aromatic rings. The number of rotatable bonds is 9. The van der Waals surface area contributed by atoms with Crippen LogP contribution in [0.5, 0.6) is 5.75 Å². The molecule has 0 amide bonds. The SMILES string of the molecule is CCCCCOc1ccc(C#Cc2ccc(C(=O)OC[C@@H](C)CC)cc2)cc1. The van der Waals surface area contributed by atoms with Crippen molar-refractivity contribution in [2.75, 3.05) is 13.2 Å². The van der Waals surface area contributed by atoms with Crippen LogP contribution in [0.4, 0.5) is 0 Å². The normalized spacial score (nSPS) is 11.2. The summed E-state index contributed by atoms with van der Waals surface area (Å²) in [6.07, 6.45) is 4.46. The van der Waals surface area contributed by atoms with Gasteiger partial charge in [-0.1, -0.05) is 51.9 Å². The Kier molecular flexibility index (Phi) is 9.15. The summed E-state index contributed by atoms with van der Waals surface area (Å²) in [5.41, 5.74) is 2.34. The summed E-state index contributed by atoms with van der Waals surface area (Å²) in [5.74, 6) is 7.23. The Morgan fingerprint density at radius 1 is 0.929 bits per heavy atom. The number of hydrogen-bond acceptors (Lipinski definition) is 3. The van der Waals surface area contributed by atoms with Crippen LogP contribution in [0.15, 0.2) is 48.5 Å². The van der Waals surface area contributed by atoms with Crippen molar-refractivity contribution in [3.8, 4) is 17.6 Å². The molecule has 3 nitrogen and oxygen atoms in total. The standard InChI is InChI=1S/C25H30O3/c1-4-6-7-18-27-24-16-12-22(13-17-24)9-8-21-10-14-23(15-11-21)25(26)28-19-20(3)5-2/h10-17,20H,4-7,18-19H2,1-3H3/t20-/m0/s1. The summed E-state index contributed by atoms with van der Waals surface area (Å²) in [4.78, 5) is 12.0. The van der Waals surface area contributed by atoms with Gasteiger partial charge in [0.2, 0.25) is 0 Å². The molecule has 0 unspecified atom stereocenters. The Morgan fingerprint density at radius 2 is 1.54 bits per heavy atom. The highest BCUT2D eigenvalue weighted by atomic mass is 16.5. The molecule has 0 fully saturated rings. The van der Waals surface area contributed by atoms with Gasteiger partial charge in [0.05, 0.1) is 18.8 Å². The van der Waals surface area contributed by atoms with Gasteiger partial charge in [-0.15, -0.1) is 0 Å². The second-order valence-electron chi connectivity index (χ2n) is 7.02. The number of ether oxygens (including phenoxy) is 2. The monoisotopic (exact) mass is 378 g/mol. The topological polar surface area (TPSA) is 35.5 Å². The largest absolute Gasteiger partial charge is 0.494 e. The Labute approximate surface area is 169 Å². The zero-order valence-electron chi connectivity index (χ0n) is 17.2. The van der Waals surface area contributed by atoms with Gasteiger partial charge in [0.25, 0.3) is 0 Å². The first-order valence-electron chi connectivity index (χ1n) is 10.1. The lowest BCUT2D eigenvalue weighted by atomic mass is 10.1. The first-order chi connectivity index (χ1) is 13.6. The van der Waals surface area contributed by atoms with Crippen LogP contribution in [0.1, 0.15) is 67.9 Å². The smallest absolute Gasteiger partial charge is 0.338 e. The Balaban J connectivity index is 1.88. The molecule has 0 aliphatic carbocycles. The molecule has 148 valence electrons. The molecular formula is C25H30O3. The second-order valence-corrected chi connectivity index (χ2v) is 7.02. The van der Waals surface area contributed by atoms with Crippen LogP contribution in [0.3, 0.4) is 0 Å². The van der Waals surface area contributed by atoms with Crippen molar-refractivity contribution >= 4 is 5.97 Å². The molecule has 0 saturated heterocycles. The molecule has 0 aliphatic heterocycles. The Bertz CT molecular complexity index is 779. The van der Waals surface area contributed by atoms with E-state index in [-0.39, 0.29) is 5.97 Å². The maximum atomic E-state index is 12.0. The van der Waals surface area contributed by atoms with Gasteiger partial charge >= 0.3 is 5.97 Å². The summed E-state index contributed by atoms with van der Waals surface area (Å²) in [6, 6.07) is 15.0. The summed E-state index contributed by atoms with van der Waals surface area (Å²) >= 11 is 0. The molecule has 0 aromatic heterocycles. The van der Waals surface area contributed by atoms with Crippen molar-refractivity contribution < 1.29 is 14.3 Å². The van der Waals surface area contributed by atoms with Crippen molar-refractivity contribution in [3.63, 3.8) is 0 Å². The first-order valence-corrected chi connectivity index (χ1v) is 10.1. The van der Waals surface area contributed by atoms with Crippen LogP contribution in [0.25, 0.3) is 0 Å². The van der Waals surface area contributed by atoms with Crippen molar-refractivity contribution in [1.82, 2.24) is 0 Å². The fourth-order valence-corrected chi connectivity index (χ4v) is 2.43. The highest BCUT2D eigenvalue weighted by Gasteiger charge is 2.08. The van der Waals surface area contributed by atoms with E-state index in [9.17, 15) is 4.79 Å². The summed E-state index contributed by atoms with van der Waals surface area (Å²) in [7, 11) is 0. The minimum Gasteiger partial charge on any atom is -0.494 e. The van der Waals surface area contributed by atoms with Gasteiger partial charge in [-0.2, -0.15) is 0 Å². The summed E-state index contributed by atoms with van der Waals surface area (Å²) in [5, 5.41) is 0. The minimum atomic E-state index is -0.283. The molecule has 2 aromatic carbocycles. The third kappa shape index (κ3) is 7.48. The zero-order chi connectivity index (χ0) is 20.2. The van der Waals surface area contributed by atoms with E-state index in [1.165, 1.54) is 12.8 Å². The third-order valence-electron chi connectivity index (χ3n) is 4.54. The molecule has 1 atom stereocenters. The third-order valence-corrected chi connectivity index (χ3v) is 4.54. The quantitative estimate of drug-likeness (QED) is 0.311. The predicted octanol–water partition coefficient (Wildman–Crippen LogP) is 5.86. The number of carbonyl (C=O) groups is 1. The van der Waals surface area contributed by atoms with Crippen LogP contribution in [-0.2, 0) is 4.74 Å². The lowest BCUT2D eigenvalue weighted by Crippen LogP contribution is -2.11. The molecule has 28 heavy (non-hydrogen) atoms. The average Bonchev–Trinajstić information content (AvgIpc) is 2.74. The Hall–Kier alpha value is -2.73. The summed E-state index contributed by atoms with van der Waals surface area (Å²) < 4.78 is 11.0. The number of esters is 1. The highest BCUT2D eigenvalue weighted by Crippen LogP contribution is 2.13. The minimum absolute atomic E-state index is 0.283. The van der Waals surface area contributed by atoms with Crippen LogP contribution in [0, 0.1) is 17.8 Å². The molecule has 2 rings (SSSR count). The molecule has 0 heterocycles. The molecule has 0 bridgehead atoms. The van der Waals surface area contributed by atoms with Crippen LogP contribution in [0.2, 0.25) is 0 Å². The van der Waals surface area contributed by atoms with E-state index >= 15 is 0 Å². The van der Waals surface area contributed by atoms with Gasteiger partial charge < -0.3 is 9.47 Å². The van der Waals surface area contributed by atoms with Gasteiger partial charge in [0.15, 0.2) is 0 Å². The van der Waals surface area contributed by atoms with Gasteiger partial charge in [-0.25, -0.2) is 4.79 Å². The van der Waals surface area contributed by atoms with Gasteiger partial charge in [-0.05, 0) is 60.9 Å². The van der Waals surface area contributed by atoms with Gasteiger partial charge in [0.1, 0.15) is 5.75 Å². The number of carbonyl (C=O) groups excluding carboxylic acids is 1. The predicted molar refractivity (Wildman–Crippen MR) is 114 cm³/mol. The van der Waals surface area contributed by atoms with Crippen LogP contribution < -0.4 is 4.74 Å². The molecule has 0 aliphatic rings. The van der Waals surface area contributed by atoms with Crippen molar-refractivity contribution in [2.24, 2.45) is 5.92 Å². The molecule has 0 saturated carbocycles. The molecule has 0 N–H and O–H groups in total. The van der Waals surface area contributed by atoms with Crippen molar-refractivity contribution in [2.45, 2.75) is 46.5 Å². The van der Waals surface area contributed by atoms with E-state index in [1.54, 1.807) is 12.1 Å². The van der Waals surface area contributed by atoms with E-state index < -0.39 is 0 Å². The van der Waals surface area contributed by atoms with E-state index in [0.717, 1.165) is 36.3 Å². The number of hydrogen-bond donors (Lipinski definition) is 0. The maximum Gasteiger partial charge on any atom is 0.338 e.